The lowest BCUT2D eigenvalue weighted by Crippen LogP contribution is -2.21. The number of nitrogens with two attached hydrogens (primary N) is 1. The van der Waals surface area contributed by atoms with Gasteiger partial charge in [-0.3, -0.25) is 0 Å². The highest BCUT2D eigenvalue weighted by Crippen LogP contribution is 2.21. The fraction of sp³-hybridized carbons (Fsp3) is 0.556. The standard InChI is InChI=1S/C9H14N4O/c10-8-3-9(12-6-11-8)13-2-1-7(4-13)5-14/h3,6-7,14H,1-2,4-5H2,(H2,10,11,12). The normalized spacial score (nSPS) is 21.5. The van der Waals surface area contributed by atoms with Gasteiger partial charge in [-0.25, -0.2) is 9.97 Å². The number of hydrogen-bond donors (Lipinski definition) is 2. The van der Waals surface area contributed by atoms with Crippen molar-refractivity contribution >= 4 is 11.6 Å². The van der Waals surface area contributed by atoms with Gasteiger partial charge in [-0.1, -0.05) is 0 Å². The lowest BCUT2D eigenvalue weighted by Gasteiger charge is -2.16. The predicted molar refractivity (Wildman–Crippen MR) is 53.9 cm³/mol. The molecular weight excluding hydrogens is 180 g/mol. The number of hydrogen-bond acceptors (Lipinski definition) is 5. The molecule has 76 valence electrons. The Morgan fingerprint density at radius 2 is 2.43 bits per heavy atom. The maximum Gasteiger partial charge on any atom is 0.134 e. The van der Waals surface area contributed by atoms with Crippen LogP contribution in [-0.4, -0.2) is 34.8 Å². The summed E-state index contributed by atoms with van der Waals surface area (Å²) in [4.78, 5) is 10.1. The highest BCUT2D eigenvalue weighted by molar-refractivity contribution is 5.46. The largest absolute Gasteiger partial charge is 0.396 e. The van der Waals surface area contributed by atoms with Crippen LogP contribution in [0.4, 0.5) is 11.6 Å². The SMILES string of the molecule is Nc1cc(N2CCC(CO)C2)ncn1. The van der Waals surface area contributed by atoms with Gasteiger partial charge in [-0.15, -0.1) is 0 Å². The Labute approximate surface area is 82.6 Å². The second-order valence-corrected chi connectivity index (χ2v) is 3.58. The zero-order valence-electron chi connectivity index (χ0n) is 7.93. The first-order valence-electron chi connectivity index (χ1n) is 4.73. The molecule has 1 unspecified atom stereocenters. The molecule has 0 saturated carbocycles. The number of nitrogens with zero attached hydrogens (tertiary/aromatic N) is 3. The molecule has 2 heterocycles. The van der Waals surface area contributed by atoms with E-state index in [1.54, 1.807) is 6.07 Å². The van der Waals surface area contributed by atoms with Crippen LogP contribution in [0.1, 0.15) is 6.42 Å². The lowest BCUT2D eigenvalue weighted by atomic mass is 10.1. The van der Waals surface area contributed by atoms with Crippen LogP contribution in [0.3, 0.4) is 0 Å². The maximum absolute atomic E-state index is 9.00. The minimum atomic E-state index is 0.247. The first-order chi connectivity index (χ1) is 6.79. The summed E-state index contributed by atoms with van der Waals surface area (Å²) in [6.07, 6.45) is 2.48. The summed E-state index contributed by atoms with van der Waals surface area (Å²) in [5.74, 6) is 1.71. The van der Waals surface area contributed by atoms with Gasteiger partial charge >= 0.3 is 0 Å². The molecule has 0 spiro atoms. The Morgan fingerprint density at radius 1 is 1.57 bits per heavy atom. The summed E-state index contributed by atoms with van der Waals surface area (Å²) in [7, 11) is 0. The summed E-state index contributed by atoms with van der Waals surface area (Å²) in [5, 5.41) is 9.00. The fourth-order valence-electron chi connectivity index (χ4n) is 1.72. The molecule has 1 aromatic rings. The maximum atomic E-state index is 9.00. The second-order valence-electron chi connectivity index (χ2n) is 3.58. The molecule has 1 aliphatic rings. The van der Waals surface area contributed by atoms with Crippen LogP contribution in [0.2, 0.25) is 0 Å². The number of anilines is 2. The van der Waals surface area contributed by atoms with E-state index in [9.17, 15) is 0 Å². The van der Waals surface area contributed by atoms with E-state index in [0.29, 0.717) is 11.7 Å². The molecule has 1 fully saturated rings. The van der Waals surface area contributed by atoms with Crippen LogP contribution < -0.4 is 10.6 Å². The molecule has 0 amide bonds. The Kier molecular flexibility index (Phi) is 2.49. The van der Waals surface area contributed by atoms with Gasteiger partial charge in [0.25, 0.3) is 0 Å². The van der Waals surface area contributed by atoms with Crippen molar-refractivity contribution in [3.63, 3.8) is 0 Å². The van der Waals surface area contributed by atoms with Crippen molar-refractivity contribution in [3.05, 3.63) is 12.4 Å². The average molecular weight is 194 g/mol. The molecule has 1 aliphatic heterocycles. The van der Waals surface area contributed by atoms with Gasteiger partial charge in [0.05, 0.1) is 0 Å². The quantitative estimate of drug-likeness (QED) is 0.686. The van der Waals surface area contributed by atoms with Crippen molar-refractivity contribution in [2.45, 2.75) is 6.42 Å². The first kappa shape index (κ1) is 9.21. The first-order valence-corrected chi connectivity index (χ1v) is 4.73. The van der Waals surface area contributed by atoms with Gasteiger partial charge < -0.3 is 15.7 Å². The molecule has 0 bridgehead atoms. The van der Waals surface area contributed by atoms with E-state index in [-0.39, 0.29) is 6.61 Å². The van der Waals surface area contributed by atoms with Crippen LogP contribution in [-0.2, 0) is 0 Å². The molecule has 2 rings (SSSR count). The number of rotatable bonds is 2. The van der Waals surface area contributed by atoms with Crippen LogP contribution in [0.5, 0.6) is 0 Å². The van der Waals surface area contributed by atoms with Crippen LogP contribution >= 0.6 is 0 Å². The smallest absolute Gasteiger partial charge is 0.134 e. The Hall–Kier alpha value is -1.36. The average Bonchev–Trinajstić information content (AvgIpc) is 2.66. The zero-order chi connectivity index (χ0) is 9.97. The third kappa shape index (κ3) is 1.77. The lowest BCUT2D eigenvalue weighted by molar-refractivity contribution is 0.238. The minimum absolute atomic E-state index is 0.247. The third-order valence-corrected chi connectivity index (χ3v) is 2.54. The van der Waals surface area contributed by atoms with Crippen LogP contribution in [0.25, 0.3) is 0 Å². The molecule has 5 heteroatoms. The molecule has 1 saturated heterocycles. The van der Waals surface area contributed by atoms with Crippen molar-refractivity contribution in [2.24, 2.45) is 5.92 Å². The van der Waals surface area contributed by atoms with E-state index < -0.39 is 0 Å². The van der Waals surface area contributed by atoms with E-state index in [1.807, 2.05) is 0 Å². The van der Waals surface area contributed by atoms with E-state index in [1.165, 1.54) is 6.33 Å². The van der Waals surface area contributed by atoms with Gasteiger partial charge in [-0.2, -0.15) is 0 Å². The number of nitrogen functional groups attached to an aromatic ring is 1. The topological polar surface area (TPSA) is 75.3 Å². The van der Waals surface area contributed by atoms with Crippen molar-refractivity contribution in [3.8, 4) is 0 Å². The molecule has 1 atom stereocenters. The summed E-state index contributed by atoms with van der Waals surface area (Å²) in [5.41, 5.74) is 5.57. The Morgan fingerprint density at radius 3 is 3.07 bits per heavy atom. The van der Waals surface area contributed by atoms with E-state index in [2.05, 4.69) is 14.9 Å². The van der Waals surface area contributed by atoms with Gasteiger partial charge in [0, 0.05) is 31.7 Å². The molecule has 0 aromatic carbocycles. The van der Waals surface area contributed by atoms with E-state index >= 15 is 0 Å². The van der Waals surface area contributed by atoms with Gasteiger partial charge in [0.15, 0.2) is 0 Å². The zero-order valence-corrected chi connectivity index (χ0v) is 7.93. The van der Waals surface area contributed by atoms with Crippen LogP contribution in [0, 0.1) is 5.92 Å². The molecule has 0 aliphatic carbocycles. The third-order valence-electron chi connectivity index (χ3n) is 2.54. The molecule has 5 nitrogen and oxygen atoms in total. The number of aromatic nitrogens is 2. The van der Waals surface area contributed by atoms with Gasteiger partial charge in [0.1, 0.15) is 18.0 Å². The predicted octanol–water partition coefficient (Wildman–Crippen LogP) is -0.123. The minimum Gasteiger partial charge on any atom is -0.396 e. The highest BCUT2D eigenvalue weighted by atomic mass is 16.3. The van der Waals surface area contributed by atoms with Crippen molar-refractivity contribution < 1.29 is 5.11 Å². The number of aliphatic hydroxyl groups is 1. The summed E-state index contributed by atoms with van der Waals surface area (Å²) >= 11 is 0. The molecule has 1 aromatic heterocycles. The summed E-state index contributed by atoms with van der Waals surface area (Å²) < 4.78 is 0. The second kappa shape index (κ2) is 3.79. The Bertz CT molecular complexity index is 317. The summed E-state index contributed by atoms with van der Waals surface area (Å²) in [6.45, 7) is 2.03. The van der Waals surface area contributed by atoms with Crippen molar-refractivity contribution in [2.75, 3.05) is 30.3 Å². The summed E-state index contributed by atoms with van der Waals surface area (Å²) in [6, 6.07) is 1.76. The van der Waals surface area contributed by atoms with Crippen molar-refractivity contribution in [1.82, 2.24) is 9.97 Å². The Balaban J connectivity index is 2.09. The molecule has 3 N–H and O–H groups in total. The monoisotopic (exact) mass is 194 g/mol. The van der Waals surface area contributed by atoms with E-state index in [0.717, 1.165) is 25.3 Å². The molecule has 0 radical (unpaired) electrons. The van der Waals surface area contributed by atoms with Gasteiger partial charge in [-0.05, 0) is 6.42 Å². The molecular formula is C9H14N4O. The number of aliphatic hydroxyl groups excluding tert-OH is 1. The van der Waals surface area contributed by atoms with Crippen molar-refractivity contribution in [1.29, 1.82) is 0 Å². The highest BCUT2D eigenvalue weighted by Gasteiger charge is 2.22. The molecule has 14 heavy (non-hydrogen) atoms. The van der Waals surface area contributed by atoms with Crippen LogP contribution in [0.15, 0.2) is 12.4 Å². The van der Waals surface area contributed by atoms with Gasteiger partial charge in [0.2, 0.25) is 0 Å². The fourth-order valence-corrected chi connectivity index (χ4v) is 1.72. The van der Waals surface area contributed by atoms with E-state index in [4.69, 9.17) is 10.8 Å².